The van der Waals surface area contributed by atoms with Crippen LogP contribution < -0.4 is 15.4 Å². The highest BCUT2D eigenvalue weighted by Gasteiger charge is 2.63. The molecular weight excluding hydrogens is 510 g/mol. The Labute approximate surface area is 238 Å². The Balaban J connectivity index is 1.52. The van der Waals surface area contributed by atoms with Crippen LogP contribution in [0.3, 0.4) is 0 Å². The number of carbonyl (C=O) groups excluding carboxylic acids is 1. The summed E-state index contributed by atoms with van der Waals surface area (Å²) in [5.41, 5.74) is 0.490. The van der Waals surface area contributed by atoms with Crippen LogP contribution in [0.2, 0.25) is 0 Å². The van der Waals surface area contributed by atoms with Gasteiger partial charge in [-0.25, -0.2) is 13.1 Å². The van der Waals surface area contributed by atoms with E-state index in [1.165, 1.54) is 51.9 Å². The molecule has 39 heavy (non-hydrogen) atoms. The molecule has 4 fully saturated rings. The van der Waals surface area contributed by atoms with Crippen molar-refractivity contribution in [2.45, 2.75) is 117 Å². The number of rotatable bonds is 11. The molecule has 226 valence electrons. The zero-order valence-corrected chi connectivity index (χ0v) is 26.5. The first kappa shape index (κ1) is 31.2. The largest absolute Gasteiger partial charge is 0.469 e. The minimum atomic E-state index is -3.30. The molecule has 10 atom stereocenters. The molecule has 0 bridgehead atoms. The van der Waals surface area contributed by atoms with Crippen LogP contribution in [0, 0.1) is 46.3 Å². The van der Waals surface area contributed by atoms with Gasteiger partial charge < -0.3 is 15.4 Å². The number of hydrogen-bond acceptors (Lipinski definition) is 6. The van der Waals surface area contributed by atoms with Gasteiger partial charge in [-0.3, -0.25) is 4.79 Å². The lowest BCUT2D eigenvalue weighted by atomic mass is 9.43. The number of methoxy groups -OCH3 is 1. The lowest BCUT2D eigenvalue weighted by Gasteiger charge is -2.63. The Morgan fingerprint density at radius 2 is 1.67 bits per heavy atom. The summed E-state index contributed by atoms with van der Waals surface area (Å²) < 4.78 is 33.4. The van der Waals surface area contributed by atoms with Gasteiger partial charge in [0.2, 0.25) is 10.0 Å². The first-order chi connectivity index (χ1) is 18.3. The zero-order chi connectivity index (χ0) is 28.6. The zero-order valence-electron chi connectivity index (χ0n) is 25.7. The van der Waals surface area contributed by atoms with Gasteiger partial charge in [-0.1, -0.05) is 34.6 Å². The van der Waals surface area contributed by atoms with Crippen LogP contribution in [0.15, 0.2) is 0 Å². The molecule has 4 rings (SSSR count). The fraction of sp³-hybridized carbons (Fsp3) is 0.968. The van der Waals surface area contributed by atoms with Crippen LogP contribution in [-0.2, 0) is 19.6 Å². The fourth-order valence-corrected chi connectivity index (χ4v) is 10.9. The van der Waals surface area contributed by atoms with Crippen LogP contribution >= 0.6 is 0 Å². The van der Waals surface area contributed by atoms with E-state index in [4.69, 9.17) is 4.74 Å². The SMILES string of the molecule is COC(=O)CCC(C)[C@H]1CCC2C3C(CC[C@@]21C)[C@@]1(C)CC[C@@H](NCCNC(C)C)C[C@@H]1C[C@H]3NS(C)(=O)=O. The quantitative estimate of drug-likeness (QED) is 0.247. The third-order valence-electron chi connectivity index (χ3n) is 12.0. The summed E-state index contributed by atoms with van der Waals surface area (Å²) in [5, 5.41) is 7.32. The van der Waals surface area contributed by atoms with Crippen molar-refractivity contribution in [2.24, 2.45) is 46.3 Å². The van der Waals surface area contributed by atoms with E-state index in [1.54, 1.807) is 0 Å². The van der Waals surface area contributed by atoms with E-state index in [1.807, 2.05) is 0 Å². The summed E-state index contributed by atoms with van der Waals surface area (Å²) in [5.74, 6) is 2.99. The molecule has 4 unspecified atom stereocenters. The molecule has 7 nitrogen and oxygen atoms in total. The Morgan fingerprint density at radius 1 is 0.974 bits per heavy atom. The lowest BCUT2D eigenvalue weighted by molar-refractivity contribution is -0.141. The van der Waals surface area contributed by atoms with Crippen molar-refractivity contribution >= 4 is 16.0 Å². The standard InChI is InChI=1S/C31H57N3O4S/c1-20(2)32-16-17-33-23-12-14-30(4)22(18-23)19-27(34-39(7,36)37)29-25-10-9-24(21(3)8-11-28(35)38-6)31(25,5)15-13-26(29)30/h20-27,29,32-34H,8-19H2,1-7H3/t21?,22-,23-,24-,25?,26?,27-,29?,30+,31-/m1/s1. The van der Waals surface area contributed by atoms with Gasteiger partial charge in [0.25, 0.3) is 0 Å². The van der Waals surface area contributed by atoms with E-state index in [-0.39, 0.29) is 22.8 Å². The molecule has 0 aromatic rings. The van der Waals surface area contributed by atoms with Gasteiger partial charge in [0.05, 0.1) is 13.4 Å². The Morgan fingerprint density at radius 3 is 2.33 bits per heavy atom. The number of ether oxygens (including phenoxy) is 1. The third kappa shape index (κ3) is 6.70. The second-order valence-corrected chi connectivity index (χ2v) is 16.4. The summed E-state index contributed by atoms with van der Waals surface area (Å²) in [6.45, 7) is 13.7. The molecule has 4 saturated carbocycles. The van der Waals surface area contributed by atoms with E-state index in [9.17, 15) is 13.2 Å². The molecule has 4 aliphatic carbocycles. The average Bonchev–Trinajstić information content (AvgIpc) is 3.21. The molecule has 0 heterocycles. The predicted molar refractivity (Wildman–Crippen MR) is 158 cm³/mol. The number of esters is 1. The topological polar surface area (TPSA) is 96.5 Å². The Bertz CT molecular complexity index is 957. The molecule has 0 spiro atoms. The first-order valence-electron chi connectivity index (χ1n) is 15.8. The highest BCUT2D eigenvalue weighted by atomic mass is 32.2. The van der Waals surface area contributed by atoms with Crippen LogP contribution in [-0.4, -0.2) is 59.0 Å². The van der Waals surface area contributed by atoms with Gasteiger partial charge in [0, 0.05) is 37.6 Å². The monoisotopic (exact) mass is 567 g/mol. The number of nitrogens with one attached hydrogen (secondary N) is 3. The molecular formula is C31H57N3O4S. The van der Waals surface area contributed by atoms with Crippen molar-refractivity contribution in [3.8, 4) is 0 Å². The smallest absolute Gasteiger partial charge is 0.305 e. The highest BCUT2D eigenvalue weighted by Crippen LogP contribution is 2.68. The summed E-state index contributed by atoms with van der Waals surface area (Å²) in [7, 11) is -1.82. The van der Waals surface area contributed by atoms with Crippen molar-refractivity contribution < 1.29 is 17.9 Å². The van der Waals surface area contributed by atoms with Gasteiger partial charge in [-0.05, 0) is 104 Å². The van der Waals surface area contributed by atoms with Crippen LogP contribution in [0.5, 0.6) is 0 Å². The van der Waals surface area contributed by atoms with E-state index < -0.39 is 10.0 Å². The summed E-state index contributed by atoms with van der Waals surface area (Å²) in [4.78, 5) is 11.9. The van der Waals surface area contributed by atoms with E-state index in [0.717, 1.165) is 32.4 Å². The van der Waals surface area contributed by atoms with Crippen molar-refractivity contribution in [3.63, 3.8) is 0 Å². The minimum absolute atomic E-state index is 0.0261. The van der Waals surface area contributed by atoms with Crippen molar-refractivity contribution in [1.82, 2.24) is 15.4 Å². The van der Waals surface area contributed by atoms with Crippen molar-refractivity contribution in [3.05, 3.63) is 0 Å². The molecule has 8 heteroatoms. The van der Waals surface area contributed by atoms with Gasteiger partial charge >= 0.3 is 5.97 Å². The maximum absolute atomic E-state index is 12.7. The average molecular weight is 568 g/mol. The number of hydrogen-bond donors (Lipinski definition) is 3. The van der Waals surface area contributed by atoms with Crippen LogP contribution in [0.4, 0.5) is 0 Å². The summed E-state index contributed by atoms with van der Waals surface area (Å²) >= 11 is 0. The normalized spacial score (nSPS) is 41.0. The van der Waals surface area contributed by atoms with E-state index >= 15 is 0 Å². The lowest BCUT2D eigenvalue weighted by Crippen LogP contribution is -2.62. The maximum atomic E-state index is 12.7. The van der Waals surface area contributed by atoms with Crippen LogP contribution in [0.1, 0.15) is 98.8 Å². The van der Waals surface area contributed by atoms with E-state index in [0.29, 0.717) is 54.0 Å². The highest BCUT2D eigenvalue weighted by molar-refractivity contribution is 7.88. The molecule has 0 amide bonds. The molecule has 3 N–H and O–H groups in total. The maximum Gasteiger partial charge on any atom is 0.305 e. The summed E-state index contributed by atoms with van der Waals surface area (Å²) in [6.07, 6.45) is 12.1. The number of fused-ring (bicyclic) bond motifs is 5. The molecule has 0 radical (unpaired) electrons. The van der Waals surface area contributed by atoms with Crippen LogP contribution in [0.25, 0.3) is 0 Å². The van der Waals surface area contributed by atoms with Gasteiger partial charge in [0.1, 0.15) is 0 Å². The van der Waals surface area contributed by atoms with Gasteiger partial charge in [-0.2, -0.15) is 0 Å². The molecule has 0 aromatic carbocycles. The van der Waals surface area contributed by atoms with Gasteiger partial charge in [0.15, 0.2) is 0 Å². The number of carbonyl (C=O) groups is 1. The number of sulfonamides is 1. The van der Waals surface area contributed by atoms with Crippen molar-refractivity contribution in [2.75, 3.05) is 26.5 Å². The third-order valence-corrected chi connectivity index (χ3v) is 12.7. The van der Waals surface area contributed by atoms with Crippen molar-refractivity contribution in [1.29, 1.82) is 0 Å². The molecule has 0 saturated heterocycles. The predicted octanol–water partition coefficient (Wildman–Crippen LogP) is 4.72. The fourth-order valence-electron chi connectivity index (χ4n) is 10.1. The van der Waals surface area contributed by atoms with Gasteiger partial charge in [-0.15, -0.1) is 0 Å². The second kappa shape index (κ2) is 12.3. The Kier molecular flexibility index (Phi) is 9.83. The van der Waals surface area contributed by atoms with E-state index in [2.05, 4.69) is 50.0 Å². The molecule has 0 aliphatic heterocycles. The minimum Gasteiger partial charge on any atom is -0.469 e. The Hall–Kier alpha value is -0.700. The summed E-state index contributed by atoms with van der Waals surface area (Å²) in [6, 6.07) is 1.05. The molecule has 0 aromatic heterocycles. The second-order valence-electron chi connectivity index (χ2n) is 14.6. The first-order valence-corrected chi connectivity index (χ1v) is 17.7. The molecule has 4 aliphatic rings.